The molecule has 5 heteroatoms. The summed E-state index contributed by atoms with van der Waals surface area (Å²) >= 11 is 1.38. The maximum absolute atomic E-state index is 12.5. The van der Waals surface area contributed by atoms with Gasteiger partial charge in [-0.25, -0.2) is 4.99 Å². The first kappa shape index (κ1) is 20.2. The van der Waals surface area contributed by atoms with Gasteiger partial charge in [-0.1, -0.05) is 37.3 Å². The van der Waals surface area contributed by atoms with Crippen LogP contribution in [0.15, 0.2) is 64.5 Å². The number of nitrogens with zero attached hydrogens (tertiary/aromatic N) is 2. The van der Waals surface area contributed by atoms with Gasteiger partial charge in [-0.2, -0.15) is 0 Å². The Bertz CT molecular complexity index is 1190. The summed E-state index contributed by atoms with van der Waals surface area (Å²) in [4.78, 5) is 17.8. The van der Waals surface area contributed by atoms with Crippen molar-refractivity contribution in [1.82, 2.24) is 9.88 Å². The Balaban J connectivity index is 1.67. The molecule has 1 saturated heterocycles. The molecule has 0 radical (unpaired) electrons. The fourth-order valence-corrected chi connectivity index (χ4v) is 4.60. The van der Waals surface area contributed by atoms with E-state index in [0.717, 1.165) is 34.6 Å². The lowest BCUT2D eigenvalue weighted by Gasteiger charge is -2.13. The third-order valence-electron chi connectivity index (χ3n) is 5.25. The molecule has 3 aromatic rings. The molecule has 4 nitrogen and oxygen atoms in total. The highest BCUT2D eigenvalue weighted by Gasteiger charge is 2.24. The molecule has 152 valence electrons. The summed E-state index contributed by atoms with van der Waals surface area (Å²) in [5.41, 5.74) is 7.81. The van der Waals surface area contributed by atoms with Gasteiger partial charge in [0.25, 0.3) is 5.91 Å². The SMILES string of the molecule is CCc1ccccc1-n1c(C)cc(/C=C2\SC(=Nc3cccc(C)c3)NC2=O)c1C. The predicted molar refractivity (Wildman–Crippen MR) is 127 cm³/mol. The Morgan fingerprint density at radius 1 is 1.07 bits per heavy atom. The van der Waals surface area contributed by atoms with E-state index in [4.69, 9.17) is 0 Å². The summed E-state index contributed by atoms with van der Waals surface area (Å²) < 4.78 is 2.27. The molecule has 0 unspecified atom stereocenters. The van der Waals surface area contributed by atoms with E-state index < -0.39 is 0 Å². The molecule has 1 amide bonds. The molecule has 4 rings (SSSR count). The van der Waals surface area contributed by atoms with Crippen molar-refractivity contribution in [2.24, 2.45) is 4.99 Å². The summed E-state index contributed by atoms with van der Waals surface area (Å²) in [5, 5.41) is 3.49. The minimum absolute atomic E-state index is 0.106. The van der Waals surface area contributed by atoms with Gasteiger partial charge >= 0.3 is 0 Å². The number of hydrogen-bond acceptors (Lipinski definition) is 3. The maximum atomic E-state index is 12.5. The van der Waals surface area contributed by atoms with Crippen molar-refractivity contribution in [3.8, 4) is 5.69 Å². The fourth-order valence-electron chi connectivity index (χ4n) is 3.77. The quantitative estimate of drug-likeness (QED) is 0.543. The second-order valence-corrected chi connectivity index (χ2v) is 8.50. The van der Waals surface area contributed by atoms with Crippen LogP contribution in [0.4, 0.5) is 5.69 Å². The number of thioether (sulfide) groups is 1. The zero-order valence-electron chi connectivity index (χ0n) is 17.7. The highest BCUT2D eigenvalue weighted by Crippen LogP contribution is 2.31. The number of para-hydroxylation sites is 1. The average Bonchev–Trinajstić information content (AvgIpc) is 3.20. The molecule has 1 N–H and O–H groups in total. The molecular weight excluding hydrogens is 390 g/mol. The second-order valence-electron chi connectivity index (χ2n) is 7.46. The normalized spacial score (nSPS) is 16.5. The zero-order chi connectivity index (χ0) is 21.3. The first-order valence-corrected chi connectivity index (χ1v) is 10.9. The Hall–Kier alpha value is -3.05. The van der Waals surface area contributed by atoms with E-state index in [0.29, 0.717) is 10.1 Å². The Labute approximate surface area is 181 Å². The molecule has 30 heavy (non-hydrogen) atoms. The number of hydrogen-bond donors (Lipinski definition) is 1. The van der Waals surface area contributed by atoms with E-state index in [1.165, 1.54) is 23.0 Å². The molecule has 1 fully saturated rings. The summed E-state index contributed by atoms with van der Waals surface area (Å²) in [6.45, 7) is 8.41. The van der Waals surface area contributed by atoms with Crippen molar-refractivity contribution in [3.05, 3.63) is 87.6 Å². The summed E-state index contributed by atoms with van der Waals surface area (Å²) in [6.07, 6.45) is 2.94. The molecule has 2 aromatic carbocycles. The Morgan fingerprint density at radius 2 is 1.87 bits per heavy atom. The van der Waals surface area contributed by atoms with E-state index in [-0.39, 0.29) is 5.91 Å². The number of rotatable bonds is 4. The third kappa shape index (κ3) is 3.98. The molecular formula is C25H25N3OS. The monoisotopic (exact) mass is 415 g/mol. The number of benzene rings is 2. The van der Waals surface area contributed by atoms with Gasteiger partial charge in [-0.15, -0.1) is 0 Å². The molecule has 1 aromatic heterocycles. The lowest BCUT2D eigenvalue weighted by atomic mass is 10.1. The van der Waals surface area contributed by atoms with Gasteiger partial charge in [0.05, 0.1) is 10.6 Å². The minimum Gasteiger partial charge on any atom is -0.318 e. The van der Waals surface area contributed by atoms with Gasteiger partial charge in [-0.05, 0) is 86.0 Å². The predicted octanol–water partition coefficient (Wildman–Crippen LogP) is 5.86. The van der Waals surface area contributed by atoms with Crippen LogP contribution in [0.3, 0.4) is 0 Å². The number of nitrogens with one attached hydrogen (secondary N) is 1. The van der Waals surface area contributed by atoms with Crippen LogP contribution in [-0.2, 0) is 11.2 Å². The van der Waals surface area contributed by atoms with Gasteiger partial charge in [0.15, 0.2) is 5.17 Å². The van der Waals surface area contributed by atoms with Gasteiger partial charge in [0.2, 0.25) is 0 Å². The molecule has 1 aliphatic heterocycles. The van der Waals surface area contributed by atoms with E-state index in [1.54, 1.807) is 0 Å². The Morgan fingerprint density at radius 3 is 2.63 bits per heavy atom. The van der Waals surface area contributed by atoms with E-state index in [2.05, 4.69) is 66.0 Å². The van der Waals surface area contributed by atoms with Gasteiger partial charge in [0, 0.05) is 17.1 Å². The summed E-state index contributed by atoms with van der Waals surface area (Å²) in [6, 6.07) is 18.5. The van der Waals surface area contributed by atoms with Crippen LogP contribution in [0, 0.1) is 20.8 Å². The van der Waals surface area contributed by atoms with Gasteiger partial charge < -0.3 is 9.88 Å². The number of carbonyl (C=O) groups is 1. The largest absolute Gasteiger partial charge is 0.318 e. The summed E-state index contributed by atoms with van der Waals surface area (Å²) in [5.74, 6) is -0.106. The van der Waals surface area contributed by atoms with Crippen LogP contribution in [0.5, 0.6) is 0 Å². The standard InChI is InChI=1S/C25H25N3OS/c1-5-19-10-6-7-12-22(19)28-17(3)14-20(18(28)4)15-23-24(29)27-25(30-23)26-21-11-8-9-16(2)13-21/h6-15H,5H2,1-4H3,(H,26,27,29)/b23-15-. The van der Waals surface area contributed by atoms with Crippen LogP contribution >= 0.6 is 11.8 Å². The van der Waals surface area contributed by atoms with Crippen LogP contribution in [0.1, 0.15) is 35.0 Å². The lowest BCUT2D eigenvalue weighted by Crippen LogP contribution is -2.19. The first-order valence-electron chi connectivity index (χ1n) is 10.1. The molecule has 1 aliphatic rings. The smallest absolute Gasteiger partial charge is 0.264 e. The first-order chi connectivity index (χ1) is 14.5. The number of aliphatic imine (C=N–C) groups is 1. The molecule has 2 heterocycles. The number of aromatic nitrogens is 1. The number of amides is 1. The highest BCUT2D eigenvalue weighted by atomic mass is 32.2. The van der Waals surface area contributed by atoms with Crippen LogP contribution in [0.2, 0.25) is 0 Å². The van der Waals surface area contributed by atoms with Crippen LogP contribution < -0.4 is 5.32 Å². The van der Waals surface area contributed by atoms with Crippen molar-refractivity contribution in [2.75, 3.05) is 0 Å². The van der Waals surface area contributed by atoms with Crippen molar-refractivity contribution < 1.29 is 4.79 Å². The Kier molecular flexibility index (Phi) is 5.64. The van der Waals surface area contributed by atoms with E-state index >= 15 is 0 Å². The van der Waals surface area contributed by atoms with Crippen LogP contribution in [-0.4, -0.2) is 15.6 Å². The maximum Gasteiger partial charge on any atom is 0.264 e. The lowest BCUT2D eigenvalue weighted by molar-refractivity contribution is -0.115. The van der Waals surface area contributed by atoms with E-state index in [9.17, 15) is 4.79 Å². The molecule has 0 atom stereocenters. The topological polar surface area (TPSA) is 46.4 Å². The molecule has 0 bridgehead atoms. The second kappa shape index (κ2) is 8.36. The van der Waals surface area contributed by atoms with Crippen LogP contribution in [0.25, 0.3) is 11.8 Å². The van der Waals surface area contributed by atoms with Gasteiger partial charge in [0.1, 0.15) is 0 Å². The third-order valence-corrected chi connectivity index (χ3v) is 6.16. The van der Waals surface area contributed by atoms with E-state index in [1.807, 2.05) is 37.3 Å². The van der Waals surface area contributed by atoms with Crippen molar-refractivity contribution in [3.63, 3.8) is 0 Å². The zero-order valence-corrected chi connectivity index (χ0v) is 18.5. The highest BCUT2D eigenvalue weighted by molar-refractivity contribution is 8.18. The van der Waals surface area contributed by atoms with Crippen molar-refractivity contribution in [1.29, 1.82) is 0 Å². The van der Waals surface area contributed by atoms with Crippen molar-refractivity contribution >= 4 is 34.6 Å². The molecule has 0 aliphatic carbocycles. The molecule has 0 spiro atoms. The number of amidine groups is 1. The minimum atomic E-state index is -0.106. The van der Waals surface area contributed by atoms with Crippen molar-refractivity contribution in [2.45, 2.75) is 34.1 Å². The number of carbonyl (C=O) groups excluding carboxylic acids is 1. The summed E-state index contributed by atoms with van der Waals surface area (Å²) in [7, 11) is 0. The fraction of sp³-hybridized carbons (Fsp3) is 0.200. The van der Waals surface area contributed by atoms with Gasteiger partial charge in [-0.3, -0.25) is 4.79 Å². The number of aryl methyl sites for hydroxylation is 3. The molecule has 0 saturated carbocycles. The average molecular weight is 416 g/mol.